The van der Waals surface area contributed by atoms with Crippen molar-refractivity contribution in [2.45, 2.75) is 25.4 Å². The fourth-order valence-corrected chi connectivity index (χ4v) is 3.94. The van der Waals surface area contributed by atoms with E-state index in [1.54, 1.807) is 37.6 Å². The number of methoxy groups -OCH3 is 1. The molecule has 0 saturated heterocycles. The molecule has 10 heteroatoms. The molecule has 2 N–H and O–H groups in total. The van der Waals surface area contributed by atoms with Gasteiger partial charge in [-0.25, -0.2) is 15.0 Å². The largest absolute Gasteiger partial charge is 0.484 e. The van der Waals surface area contributed by atoms with Crippen LogP contribution in [0.3, 0.4) is 0 Å². The molecular formula is C23H24ClN5O4. The Labute approximate surface area is 195 Å². The van der Waals surface area contributed by atoms with Gasteiger partial charge in [0.25, 0.3) is 5.91 Å². The summed E-state index contributed by atoms with van der Waals surface area (Å²) < 4.78 is 11.3. The minimum Gasteiger partial charge on any atom is -0.484 e. The number of allylic oxidation sites excluding steroid dienone is 2. The van der Waals surface area contributed by atoms with Gasteiger partial charge in [0.05, 0.1) is 23.3 Å². The number of halogens is 1. The number of benzene rings is 1. The minimum atomic E-state index is -0.381. The van der Waals surface area contributed by atoms with Crippen LogP contribution in [0.1, 0.15) is 19.3 Å². The summed E-state index contributed by atoms with van der Waals surface area (Å²) >= 11 is 6.54. The monoisotopic (exact) mass is 469 g/mol. The van der Waals surface area contributed by atoms with Gasteiger partial charge in [-0.05, 0) is 31.0 Å². The minimum absolute atomic E-state index is 0.147. The van der Waals surface area contributed by atoms with Crippen molar-refractivity contribution in [1.82, 2.24) is 20.6 Å². The SMILES string of the molecule is COC1CC=C(Cl)C2C=CNC(=O)CCCNC(=O)COc3ccc4ncnc(c4c3)N=C12. The molecule has 33 heavy (non-hydrogen) atoms. The van der Waals surface area contributed by atoms with Gasteiger partial charge in [0, 0.05) is 36.7 Å². The number of ether oxygens (including phenoxy) is 2. The Kier molecular flexibility index (Phi) is 7.31. The Morgan fingerprint density at radius 2 is 2.09 bits per heavy atom. The van der Waals surface area contributed by atoms with Crippen molar-refractivity contribution in [2.75, 3.05) is 20.3 Å². The fourth-order valence-electron chi connectivity index (χ4n) is 3.67. The number of nitrogens with zero attached hydrogens (tertiary/aromatic N) is 3. The van der Waals surface area contributed by atoms with E-state index in [1.807, 2.05) is 6.08 Å². The zero-order chi connectivity index (χ0) is 23.2. The molecule has 1 aromatic heterocycles. The second-order valence-electron chi connectivity index (χ2n) is 7.61. The van der Waals surface area contributed by atoms with Gasteiger partial charge in [-0.15, -0.1) is 0 Å². The number of carbonyl (C=O) groups is 2. The number of fused-ring (bicyclic) bond motifs is 2. The van der Waals surface area contributed by atoms with E-state index in [1.165, 1.54) is 6.33 Å². The van der Waals surface area contributed by atoms with Crippen molar-refractivity contribution in [3.63, 3.8) is 0 Å². The molecule has 172 valence electrons. The third-order valence-corrected chi connectivity index (χ3v) is 5.77. The summed E-state index contributed by atoms with van der Waals surface area (Å²) in [4.78, 5) is 37.7. The van der Waals surface area contributed by atoms with Crippen LogP contribution in [0, 0.1) is 5.92 Å². The summed E-state index contributed by atoms with van der Waals surface area (Å²) in [7, 11) is 1.61. The van der Waals surface area contributed by atoms with Gasteiger partial charge in [0.15, 0.2) is 12.4 Å². The number of amides is 2. The lowest BCUT2D eigenvalue weighted by atomic mass is 9.90. The van der Waals surface area contributed by atoms with Crippen LogP contribution < -0.4 is 15.4 Å². The van der Waals surface area contributed by atoms with Crippen molar-refractivity contribution in [3.8, 4) is 5.75 Å². The number of hydrogen-bond donors (Lipinski definition) is 2. The molecule has 2 atom stereocenters. The molecule has 1 aromatic carbocycles. The Hall–Kier alpha value is -3.30. The van der Waals surface area contributed by atoms with Gasteiger partial charge in [0.2, 0.25) is 5.91 Å². The molecule has 2 heterocycles. The maximum atomic E-state index is 12.1. The number of hydrogen-bond acceptors (Lipinski definition) is 7. The Morgan fingerprint density at radius 3 is 2.94 bits per heavy atom. The lowest BCUT2D eigenvalue weighted by Gasteiger charge is -2.27. The van der Waals surface area contributed by atoms with E-state index in [-0.39, 0.29) is 36.9 Å². The highest BCUT2D eigenvalue weighted by atomic mass is 35.5. The van der Waals surface area contributed by atoms with E-state index >= 15 is 0 Å². The van der Waals surface area contributed by atoms with Gasteiger partial charge in [-0.1, -0.05) is 23.8 Å². The molecule has 9 nitrogen and oxygen atoms in total. The van der Waals surface area contributed by atoms with Crippen molar-refractivity contribution in [2.24, 2.45) is 10.9 Å². The van der Waals surface area contributed by atoms with E-state index in [2.05, 4.69) is 20.6 Å². The van der Waals surface area contributed by atoms with Crippen molar-refractivity contribution < 1.29 is 19.1 Å². The standard InChI is InChI=1S/C23H24ClN5O4/c1-32-19-7-5-17(24)15-8-10-26-20(30)3-2-9-25-21(31)12-33-14-4-6-18-16(11-14)23(28-13-27-18)29-22(15)19/h4-6,8,10-11,13,15,19H,2-3,7,9,12H2,1H3,(H,25,31)(H,26,30). The third kappa shape index (κ3) is 5.55. The first-order valence-corrected chi connectivity index (χ1v) is 11.0. The van der Waals surface area contributed by atoms with E-state index < -0.39 is 0 Å². The second-order valence-corrected chi connectivity index (χ2v) is 8.04. The quantitative estimate of drug-likeness (QED) is 0.663. The fraction of sp³-hybridized carbons (Fsp3) is 0.348. The molecule has 0 radical (unpaired) electrons. The molecule has 2 amide bonds. The van der Waals surface area contributed by atoms with Crippen LogP contribution in [-0.2, 0) is 14.3 Å². The molecular weight excluding hydrogens is 446 g/mol. The average molecular weight is 470 g/mol. The van der Waals surface area contributed by atoms with Crippen molar-refractivity contribution in [3.05, 3.63) is 47.9 Å². The number of rotatable bonds is 1. The van der Waals surface area contributed by atoms with Gasteiger partial charge in [0.1, 0.15) is 12.1 Å². The number of nitrogens with one attached hydrogen (secondary N) is 2. The molecule has 2 bridgehead atoms. The lowest BCUT2D eigenvalue weighted by molar-refractivity contribution is -0.123. The molecule has 2 aliphatic rings. The topological polar surface area (TPSA) is 115 Å². The highest BCUT2D eigenvalue weighted by Gasteiger charge is 2.29. The van der Waals surface area contributed by atoms with Crippen molar-refractivity contribution in [1.29, 1.82) is 0 Å². The number of carbonyl (C=O) groups excluding carboxylic acids is 2. The van der Waals surface area contributed by atoms with Crippen LogP contribution in [0.4, 0.5) is 5.82 Å². The summed E-state index contributed by atoms with van der Waals surface area (Å²) in [6.07, 6.45) is 7.71. The summed E-state index contributed by atoms with van der Waals surface area (Å²) in [6.45, 7) is 0.227. The van der Waals surface area contributed by atoms with Gasteiger partial charge in [-0.3, -0.25) is 9.59 Å². The average Bonchev–Trinajstić information content (AvgIpc) is 2.82. The Bertz CT molecular complexity index is 1150. The van der Waals surface area contributed by atoms with E-state index in [9.17, 15) is 9.59 Å². The van der Waals surface area contributed by atoms with Crippen LogP contribution in [-0.4, -0.2) is 53.9 Å². The molecule has 1 aliphatic heterocycles. The van der Waals surface area contributed by atoms with Crippen LogP contribution in [0.5, 0.6) is 5.75 Å². The molecule has 0 spiro atoms. The normalized spacial score (nSPS) is 22.2. The van der Waals surface area contributed by atoms with Gasteiger partial charge in [-0.2, -0.15) is 0 Å². The van der Waals surface area contributed by atoms with Crippen molar-refractivity contribution >= 4 is 45.8 Å². The first-order valence-electron chi connectivity index (χ1n) is 10.6. The first kappa shape index (κ1) is 22.9. The zero-order valence-corrected chi connectivity index (χ0v) is 18.8. The molecule has 1 aliphatic carbocycles. The highest BCUT2D eigenvalue weighted by Crippen LogP contribution is 2.32. The highest BCUT2D eigenvalue weighted by molar-refractivity contribution is 6.32. The summed E-state index contributed by atoms with van der Waals surface area (Å²) in [5, 5.41) is 6.74. The third-order valence-electron chi connectivity index (χ3n) is 5.38. The summed E-state index contributed by atoms with van der Waals surface area (Å²) in [6, 6.07) is 5.30. The maximum absolute atomic E-state index is 12.1. The Balaban J connectivity index is 1.79. The second kappa shape index (κ2) is 10.5. The maximum Gasteiger partial charge on any atom is 0.257 e. The number of aliphatic imine (C=N–C) groups is 1. The van der Waals surface area contributed by atoms with Gasteiger partial charge >= 0.3 is 0 Å². The van der Waals surface area contributed by atoms with E-state index in [0.29, 0.717) is 52.6 Å². The zero-order valence-electron chi connectivity index (χ0n) is 18.1. The summed E-state index contributed by atoms with van der Waals surface area (Å²) in [5.74, 6) is 0.115. The van der Waals surface area contributed by atoms with Crippen LogP contribution in [0.25, 0.3) is 10.9 Å². The molecule has 0 fully saturated rings. The van der Waals surface area contributed by atoms with Crippen LogP contribution >= 0.6 is 11.6 Å². The van der Waals surface area contributed by atoms with Crippen LogP contribution in [0.15, 0.2) is 52.9 Å². The van der Waals surface area contributed by atoms with E-state index in [0.717, 1.165) is 0 Å². The molecule has 2 aromatic rings. The molecule has 4 rings (SSSR count). The summed E-state index contributed by atoms with van der Waals surface area (Å²) in [5.41, 5.74) is 1.35. The number of aromatic nitrogens is 2. The lowest BCUT2D eigenvalue weighted by Crippen LogP contribution is -2.33. The smallest absolute Gasteiger partial charge is 0.257 e. The molecule has 0 saturated carbocycles. The van der Waals surface area contributed by atoms with E-state index in [4.69, 9.17) is 26.1 Å². The van der Waals surface area contributed by atoms with Gasteiger partial charge < -0.3 is 20.1 Å². The predicted molar refractivity (Wildman–Crippen MR) is 124 cm³/mol. The van der Waals surface area contributed by atoms with Crippen LogP contribution in [0.2, 0.25) is 0 Å². The predicted octanol–water partition coefficient (Wildman–Crippen LogP) is 2.78. The first-order chi connectivity index (χ1) is 16.0. The Morgan fingerprint density at radius 1 is 1.21 bits per heavy atom. The molecule has 2 unspecified atom stereocenters.